The molecule has 2 heterocycles. The molecule has 0 saturated carbocycles. The van der Waals surface area contributed by atoms with Crippen molar-refractivity contribution in [3.05, 3.63) is 59.1 Å². The zero-order valence-corrected chi connectivity index (χ0v) is 17.5. The van der Waals surface area contributed by atoms with Crippen LogP contribution >= 0.6 is 11.6 Å². The summed E-state index contributed by atoms with van der Waals surface area (Å²) >= 11 is 6.10. The van der Waals surface area contributed by atoms with Crippen LogP contribution in [0.5, 0.6) is 0 Å². The van der Waals surface area contributed by atoms with E-state index in [1.807, 2.05) is 49.4 Å². The number of urea groups is 1. The van der Waals surface area contributed by atoms with Crippen LogP contribution in [0.15, 0.2) is 48.5 Å². The summed E-state index contributed by atoms with van der Waals surface area (Å²) in [5.74, 6) is -0.146. The Morgan fingerprint density at radius 1 is 0.966 bits per heavy atom. The summed E-state index contributed by atoms with van der Waals surface area (Å²) < 4.78 is 0. The summed E-state index contributed by atoms with van der Waals surface area (Å²) in [6, 6.07) is 14.8. The predicted octanol–water partition coefficient (Wildman–Crippen LogP) is 3.59. The molecule has 7 heteroatoms. The zero-order valence-electron chi connectivity index (χ0n) is 16.7. The number of amides is 3. The molecule has 2 aromatic carbocycles. The standard InChI is InChI=1S/C22H25ClN4O2/c1-16-6-8-19(9-7-16)27-17(2)21(28)26(22(27)29)15-24-10-12-25(13-11-24)20-5-3-4-18(23)14-20/h3-9,14,17H,10-13,15H2,1-2H3/t17-/m0/s1. The molecule has 0 aliphatic carbocycles. The van der Waals surface area contributed by atoms with Crippen LogP contribution in [0.1, 0.15) is 12.5 Å². The van der Waals surface area contributed by atoms with Gasteiger partial charge in [-0.3, -0.25) is 14.6 Å². The van der Waals surface area contributed by atoms with E-state index in [0.717, 1.165) is 48.1 Å². The van der Waals surface area contributed by atoms with Crippen molar-refractivity contribution in [2.45, 2.75) is 19.9 Å². The lowest BCUT2D eigenvalue weighted by Gasteiger charge is -2.37. The number of halogens is 1. The molecule has 3 amide bonds. The zero-order chi connectivity index (χ0) is 20.5. The SMILES string of the molecule is Cc1ccc(N2C(=O)N(CN3CCN(c4cccc(Cl)c4)CC3)C(=O)[C@@H]2C)cc1. The molecule has 152 valence electrons. The van der Waals surface area contributed by atoms with Gasteiger partial charge < -0.3 is 4.90 Å². The third kappa shape index (κ3) is 3.95. The van der Waals surface area contributed by atoms with Crippen LogP contribution in [-0.4, -0.2) is 60.6 Å². The van der Waals surface area contributed by atoms with E-state index in [-0.39, 0.29) is 11.9 Å². The first-order valence-electron chi connectivity index (χ1n) is 9.88. The van der Waals surface area contributed by atoms with Gasteiger partial charge in [-0.1, -0.05) is 35.4 Å². The monoisotopic (exact) mass is 412 g/mol. The van der Waals surface area contributed by atoms with Crippen LogP contribution < -0.4 is 9.80 Å². The molecule has 6 nitrogen and oxygen atoms in total. The van der Waals surface area contributed by atoms with Gasteiger partial charge in [0.2, 0.25) is 0 Å². The van der Waals surface area contributed by atoms with Gasteiger partial charge in [-0.15, -0.1) is 0 Å². The fourth-order valence-electron chi connectivity index (χ4n) is 3.92. The topological polar surface area (TPSA) is 47.1 Å². The van der Waals surface area contributed by atoms with Crippen molar-refractivity contribution in [3.8, 4) is 0 Å². The largest absolute Gasteiger partial charge is 0.369 e. The van der Waals surface area contributed by atoms with Gasteiger partial charge in [-0.2, -0.15) is 0 Å². The molecule has 2 saturated heterocycles. The minimum atomic E-state index is -0.488. The van der Waals surface area contributed by atoms with Crippen LogP contribution in [0, 0.1) is 6.92 Å². The van der Waals surface area contributed by atoms with E-state index in [9.17, 15) is 9.59 Å². The first kappa shape index (κ1) is 19.7. The number of hydrogen-bond acceptors (Lipinski definition) is 4. The number of rotatable bonds is 4. The van der Waals surface area contributed by atoms with Gasteiger partial charge in [-0.05, 0) is 44.2 Å². The van der Waals surface area contributed by atoms with Gasteiger partial charge >= 0.3 is 6.03 Å². The van der Waals surface area contributed by atoms with Gasteiger partial charge in [0.15, 0.2) is 0 Å². The van der Waals surface area contributed by atoms with Crippen molar-refractivity contribution in [1.82, 2.24) is 9.80 Å². The number of nitrogens with zero attached hydrogens (tertiary/aromatic N) is 4. The van der Waals surface area contributed by atoms with Gasteiger partial charge in [0.05, 0.1) is 6.67 Å². The third-order valence-electron chi connectivity index (χ3n) is 5.65. The van der Waals surface area contributed by atoms with Gasteiger partial charge in [0.25, 0.3) is 5.91 Å². The van der Waals surface area contributed by atoms with E-state index in [1.54, 1.807) is 11.8 Å². The summed E-state index contributed by atoms with van der Waals surface area (Å²) in [4.78, 5) is 33.2. The van der Waals surface area contributed by atoms with E-state index < -0.39 is 6.04 Å². The Morgan fingerprint density at radius 3 is 2.31 bits per heavy atom. The highest BCUT2D eigenvalue weighted by molar-refractivity contribution is 6.30. The van der Waals surface area contributed by atoms with E-state index >= 15 is 0 Å². The first-order chi connectivity index (χ1) is 13.9. The molecule has 0 spiro atoms. The number of hydrogen-bond donors (Lipinski definition) is 0. The molecule has 1 atom stereocenters. The molecular weight excluding hydrogens is 388 g/mol. The second-order valence-corrected chi connectivity index (χ2v) is 8.09. The Morgan fingerprint density at radius 2 is 1.66 bits per heavy atom. The number of imide groups is 1. The van der Waals surface area contributed by atoms with Gasteiger partial charge in [0, 0.05) is 42.6 Å². The Kier molecular flexibility index (Phi) is 5.48. The van der Waals surface area contributed by atoms with E-state index in [0.29, 0.717) is 6.67 Å². The molecule has 2 aromatic rings. The molecule has 29 heavy (non-hydrogen) atoms. The lowest BCUT2D eigenvalue weighted by atomic mass is 10.2. The predicted molar refractivity (Wildman–Crippen MR) is 115 cm³/mol. The summed E-state index contributed by atoms with van der Waals surface area (Å²) in [5.41, 5.74) is 2.98. The quantitative estimate of drug-likeness (QED) is 0.720. The van der Waals surface area contributed by atoms with Gasteiger partial charge in [0.1, 0.15) is 6.04 Å². The van der Waals surface area contributed by atoms with Crippen LogP contribution in [0.3, 0.4) is 0 Å². The fourth-order valence-corrected chi connectivity index (χ4v) is 4.10. The summed E-state index contributed by atoms with van der Waals surface area (Å²) in [5, 5.41) is 0.725. The van der Waals surface area contributed by atoms with Crippen LogP contribution in [-0.2, 0) is 4.79 Å². The fraction of sp³-hybridized carbons (Fsp3) is 0.364. The molecule has 2 aliphatic heterocycles. The molecule has 0 N–H and O–H groups in total. The van der Waals surface area contributed by atoms with E-state index in [2.05, 4.69) is 15.9 Å². The maximum atomic E-state index is 13.0. The first-order valence-corrected chi connectivity index (χ1v) is 10.3. The Bertz CT molecular complexity index is 909. The maximum Gasteiger partial charge on any atom is 0.333 e. The van der Waals surface area contributed by atoms with E-state index in [1.165, 1.54) is 4.90 Å². The highest BCUT2D eigenvalue weighted by atomic mass is 35.5. The maximum absolute atomic E-state index is 13.0. The van der Waals surface area contributed by atoms with Crippen molar-refractivity contribution in [2.24, 2.45) is 0 Å². The molecule has 0 aromatic heterocycles. The molecule has 0 bridgehead atoms. The summed E-state index contributed by atoms with van der Waals surface area (Å²) in [6.45, 7) is 7.33. The smallest absolute Gasteiger partial charge is 0.333 e. The van der Waals surface area contributed by atoms with Crippen LogP contribution in [0.25, 0.3) is 0 Å². The Labute approximate surface area is 176 Å². The molecular formula is C22H25ClN4O2. The second-order valence-electron chi connectivity index (χ2n) is 7.66. The number of piperazine rings is 1. The lowest BCUT2D eigenvalue weighted by Crippen LogP contribution is -2.51. The van der Waals surface area contributed by atoms with Gasteiger partial charge in [-0.25, -0.2) is 9.69 Å². The minimum Gasteiger partial charge on any atom is -0.369 e. The second kappa shape index (κ2) is 8.05. The van der Waals surface area contributed by atoms with Crippen LogP contribution in [0.4, 0.5) is 16.2 Å². The summed E-state index contributed by atoms with van der Waals surface area (Å²) in [7, 11) is 0. The normalized spacial score (nSPS) is 20.7. The molecule has 0 unspecified atom stereocenters. The van der Waals surface area contributed by atoms with Crippen molar-refractivity contribution in [1.29, 1.82) is 0 Å². The van der Waals surface area contributed by atoms with Crippen molar-refractivity contribution in [3.63, 3.8) is 0 Å². The molecule has 2 fully saturated rings. The average Bonchev–Trinajstić information content (AvgIpc) is 2.93. The number of anilines is 2. The highest BCUT2D eigenvalue weighted by Crippen LogP contribution is 2.27. The number of carbonyl (C=O) groups excluding carboxylic acids is 2. The van der Waals surface area contributed by atoms with Crippen LogP contribution in [0.2, 0.25) is 5.02 Å². The number of benzene rings is 2. The van der Waals surface area contributed by atoms with Crippen molar-refractivity contribution >= 4 is 34.9 Å². The lowest BCUT2D eigenvalue weighted by molar-refractivity contribution is -0.128. The number of carbonyl (C=O) groups is 2. The summed E-state index contributed by atoms with van der Waals surface area (Å²) in [6.07, 6.45) is 0. The van der Waals surface area contributed by atoms with Crippen molar-refractivity contribution < 1.29 is 9.59 Å². The molecule has 2 aliphatic rings. The molecule has 4 rings (SSSR count). The van der Waals surface area contributed by atoms with Crippen molar-refractivity contribution in [2.75, 3.05) is 42.6 Å². The Balaban J connectivity index is 1.40. The third-order valence-corrected chi connectivity index (χ3v) is 5.88. The Hall–Kier alpha value is -2.57. The average molecular weight is 413 g/mol. The minimum absolute atomic E-state index is 0.146. The van der Waals surface area contributed by atoms with E-state index in [4.69, 9.17) is 11.6 Å². The number of aryl methyl sites for hydroxylation is 1. The molecule has 0 radical (unpaired) electrons. The highest BCUT2D eigenvalue weighted by Gasteiger charge is 2.44.